The monoisotopic (exact) mass is 343 g/mol. The highest BCUT2D eigenvalue weighted by Crippen LogP contribution is 2.40. The molecule has 1 saturated carbocycles. The summed E-state index contributed by atoms with van der Waals surface area (Å²) in [6.45, 7) is 10.9. The first kappa shape index (κ1) is 17.2. The molecule has 1 aromatic heterocycles. The van der Waals surface area contributed by atoms with Crippen LogP contribution in [0.4, 0.5) is 0 Å². The quantitative estimate of drug-likeness (QED) is 0.568. The van der Waals surface area contributed by atoms with E-state index < -0.39 is 0 Å². The molecule has 2 aromatic rings. The fraction of sp³-hybridized carbons (Fsp3) is 0.526. The number of Topliss-reactive ketones (excluding diaryl/α,β-unsaturated/α-hetero) is 1. The van der Waals surface area contributed by atoms with Crippen LogP contribution in [0.2, 0.25) is 0 Å². The van der Waals surface area contributed by atoms with Gasteiger partial charge in [0.15, 0.2) is 10.9 Å². The first-order valence-corrected chi connectivity index (χ1v) is 9.59. The van der Waals surface area contributed by atoms with E-state index >= 15 is 0 Å². The van der Waals surface area contributed by atoms with Crippen LogP contribution in [0.15, 0.2) is 11.2 Å². The summed E-state index contributed by atoms with van der Waals surface area (Å²) in [6.07, 6.45) is 2.47. The molecule has 4 nitrogen and oxygen atoms in total. The summed E-state index contributed by atoms with van der Waals surface area (Å²) in [5.74, 6) is 2.71. The molecule has 1 aliphatic rings. The van der Waals surface area contributed by atoms with Crippen molar-refractivity contribution in [3.05, 3.63) is 39.7 Å². The van der Waals surface area contributed by atoms with Crippen molar-refractivity contribution in [3.63, 3.8) is 0 Å². The fourth-order valence-corrected chi connectivity index (χ4v) is 4.67. The number of rotatable bonds is 6. The number of ketones is 1. The molecule has 1 fully saturated rings. The van der Waals surface area contributed by atoms with Crippen molar-refractivity contribution < 1.29 is 4.79 Å². The van der Waals surface area contributed by atoms with Gasteiger partial charge in [-0.25, -0.2) is 0 Å². The zero-order chi connectivity index (χ0) is 17.4. The molecule has 0 saturated heterocycles. The first-order chi connectivity index (χ1) is 11.4. The zero-order valence-corrected chi connectivity index (χ0v) is 16.0. The third-order valence-electron chi connectivity index (χ3n) is 4.83. The van der Waals surface area contributed by atoms with Gasteiger partial charge in [0.05, 0.1) is 0 Å². The largest absolute Gasteiger partial charge is 0.306 e. The van der Waals surface area contributed by atoms with Crippen LogP contribution < -0.4 is 0 Å². The lowest BCUT2D eigenvalue weighted by molar-refractivity contribution is 0.101. The maximum absolute atomic E-state index is 12.0. The number of carbonyl (C=O) groups is 1. The fourth-order valence-electron chi connectivity index (χ4n) is 3.47. The number of hydrogen-bond donors (Lipinski definition) is 0. The molecule has 24 heavy (non-hydrogen) atoms. The summed E-state index contributed by atoms with van der Waals surface area (Å²) >= 11 is 1.72. The van der Waals surface area contributed by atoms with E-state index in [2.05, 4.69) is 41.6 Å². The standard InChI is InChI=1S/C19H25N3OS/c1-6-22-18(15-7-8-15)20-21-19(22)24-10-16-11(2)9-12(3)17(13(16)4)14(5)23/h9,15H,6-8,10H2,1-5H3. The maximum atomic E-state index is 12.0. The van der Waals surface area contributed by atoms with Crippen molar-refractivity contribution in [1.82, 2.24) is 14.8 Å². The molecule has 0 bridgehead atoms. The van der Waals surface area contributed by atoms with Gasteiger partial charge in [0.25, 0.3) is 0 Å². The van der Waals surface area contributed by atoms with E-state index in [1.807, 2.05) is 6.92 Å². The summed E-state index contributed by atoms with van der Waals surface area (Å²) in [7, 11) is 0. The topological polar surface area (TPSA) is 47.8 Å². The van der Waals surface area contributed by atoms with Gasteiger partial charge in [-0.05, 0) is 69.7 Å². The van der Waals surface area contributed by atoms with Gasteiger partial charge in [0, 0.05) is 23.8 Å². The van der Waals surface area contributed by atoms with Gasteiger partial charge >= 0.3 is 0 Å². The summed E-state index contributed by atoms with van der Waals surface area (Å²) in [5.41, 5.74) is 5.53. The van der Waals surface area contributed by atoms with Crippen molar-refractivity contribution in [2.45, 2.75) is 70.8 Å². The molecule has 0 amide bonds. The van der Waals surface area contributed by atoms with E-state index in [1.54, 1.807) is 18.7 Å². The molecule has 1 aliphatic carbocycles. The molecule has 3 rings (SSSR count). The van der Waals surface area contributed by atoms with Gasteiger partial charge in [-0.15, -0.1) is 10.2 Å². The molecular formula is C19H25N3OS. The highest BCUT2D eigenvalue weighted by atomic mass is 32.2. The minimum absolute atomic E-state index is 0.143. The molecule has 0 spiro atoms. The zero-order valence-electron chi connectivity index (χ0n) is 15.1. The Balaban J connectivity index is 1.87. The first-order valence-electron chi connectivity index (χ1n) is 8.60. The second kappa shape index (κ2) is 6.71. The molecular weight excluding hydrogens is 318 g/mol. The van der Waals surface area contributed by atoms with Crippen LogP contribution in [-0.4, -0.2) is 20.5 Å². The van der Waals surface area contributed by atoms with Crippen molar-refractivity contribution >= 4 is 17.5 Å². The van der Waals surface area contributed by atoms with Gasteiger partial charge in [0.1, 0.15) is 5.82 Å². The van der Waals surface area contributed by atoms with Crippen LogP contribution in [0.25, 0.3) is 0 Å². The van der Waals surface area contributed by atoms with Crippen LogP contribution in [0, 0.1) is 20.8 Å². The third-order valence-corrected chi connectivity index (χ3v) is 5.83. The molecule has 0 N–H and O–H groups in total. The smallest absolute Gasteiger partial charge is 0.191 e. The summed E-state index contributed by atoms with van der Waals surface area (Å²) in [5, 5.41) is 9.80. The van der Waals surface area contributed by atoms with Crippen LogP contribution >= 0.6 is 11.8 Å². The van der Waals surface area contributed by atoms with E-state index in [9.17, 15) is 4.79 Å². The minimum atomic E-state index is 0.143. The van der Waals surface area contributed by atoms with Crippen molar-refractivity contribution in [2.24, 2.45) is 0 Å². The Morgan fingerprint density at radius 1 is 1.25 bits per heavy atom. The number of nitrogens with zero attached hydrogens (tertiary/aromatic N) is 3. The summed E-state index contributed by atoms with van der Waals surface area (Å²) in [4.78, 5) is 12.0. The lowest BCUT2D eigenvalue weighted by Gasteiger charge is -2.15. The number of benzene rings is 1. The highest BCUT2D eigenvalue weighted by Gasteiger charge is 2.30. The number of aromatic nitrogens is 3. The van der Waals surface area contributed by atoms with E-state index in [-0.39, 0.29) is 5.78 Å². The van der Waals surface area contributed by atoms with Crippen LogP contribution in [-0.2, 0) is 12.3 Å². The van der Waals surface area contributed by atoms with Gasteiger partial charge in [0.2, 0.25) is 0 Å². The average Bonchev–Trinajstić information content (AvgIpc) is 3.26. The Morgan fingerprint density at radius 2 is 1.96 bits per heavy atom. The Bertz CT molecular complexity index is 790. The molecule has 0 aliphatic heterocycles. The van der Waals surface area contributed by atoms with E-state index in [0.29, 0.717) is 5.92 Å². The summed E-state index contributed by atoms with van der Waals surface area (Å²) in [6, 6.07) is 2.12. The minimum Gasteiger partial charge on any atom is -0.306 e. The van der Waals surface area contributed by atoms with Crippen LogP contribution in [0.3, 0.4) is 0 Å². The molecule has 0 radical (unpaired) electrons. The van der Waals surface area contributed by atoms with Gasteiger partial charge in [-0.3, -0.25) is 4.79 Å². The third kappa shape index (κ3) is 3.14. The highest BCUT2D eigenvalue weighted by molar-refractivity contribution is 7.98. The Morgan fingerprint density at radius 3 is 2.54 bits per heavy atom. The lowest BCUT2D eigenvalue weighted by atomic mass is 9.92. The van der Waals surface area contributed by atoms with E-state index in [4.69, 9.17) is 0 Å². The molecule has 1 heterocycles. The van der Waals surface area contributed by atoms with Crippen LogP contribution in [0.1, 0.15) is 71.0 Å². The number of carbonyl (C=O) groups excluding carboxylic acids is 1. The van der Waals surface area contributed by atoms with Gasteiger partial charge in [-0.2, -0.15) is 0 Å². The van der Waals surface area contributed by atoms with Crippen molar-refractivity contribution in [2.75, 3.05) is 0 Å². The number of thioether (sulfide) groups is 1. The maximum Gasteiger partial charge on any atom is 0.191 e. The average molecular weight is 343 g/mol. The van der Waals surface area contributed by atoms with Crippen LogP contribution in [0.5, 0.6) is 0 Å². The lowest BCUT2D eigenvalue weighted by Crippen LogP contribution is -2.06. The van der Waals surface area contributed by atoms with E-state index in [1.165, 1.54) is 24.0 Å². The second-order valence-electron chi connectivity index (χ2n) is 6.69. The predicted octanol–water partition coefficient (Wildman–Crippen LogP) is 4.60. The second-order valence-corrected chi connectivity index (χ2v) is 7.64. The molecule has 1 aromatic carbocycles. The molecule has 5 heteroatoms. The van der Waals surface area contributed by atoms with Gasteiger partial charge < -0.3 is 4.57 Å². The van der Waals surface area contributed by atoms with Crippen molar-refractivity contribution in [1.29, 1.82) is 0 Å². The SMILES string of the molecule is CCn1c(SCc2c(C)cc(C)c(C(C)=O)c2C)nnc1C1CC1. The number of aryl methyl sites for hydroxylation is 2. The molecule has 0 atom stereocenters. The Hall–Kier alpha value is -1.62. The summed E-state index contributed by atoms with van der Waals surface area (Å²) < 4.78 is 2.24. The van der Waals surface area contributed by atoms with Crippen molar-refractivity contribution in [3.8, 4) is 0 Å². The Kier molecular flexibility index (Phi) is 4.81. The molecule has 128 valence electrons. The van der Waals surface area contributed by atoms with Gasteiger partial charge in [-0.1, -0.05) is 17.8 Å². The predicted molar refractivity (Wildman–Crippen MR) is 97.9 cm³/mol. The molecule has 0 unspecified atom stereocenters. The Labute approximate surface area is 148 Å². The number of hydrogen-bond acceptors (Lipinski definition) is 4. The normalized spacial score (nSPS) is 14.2. The van der Waals surface area contributed by atoms with E-state index in [0.717, 1.165) is 40.0 Å².